The van der Waals surface area contributed by atoms with Crippen LogP contribution in [0.25, 0.3) is 0 Å². The summed E-state index contributed by atoms with van der Waals surface area (Å²) in [6.07, 6.45) is 0. The van der Waals surface area contributed by atoms with Crippen LogP contribution in [0.1, 0.15) is 20.7 Å². The van der Waals surface area contributed by atoms with E-state index in [2.05, 4.69) is 26.0 Å². The van der Waals surface area contributed by atoms with Gasteiger partial charge in [0.2, 0.25) is 0 Å². The quantitative estimate of drug-likeness (QED) is 0.828. The lowest BCUT2D eigenvalue weighted by atomic mass is 10.2. The number of amides is 1. The van der Waals surface area contributed by atoms with E-state index >= 15 is 0 Å². The van der Waals surface area contributed by atoms with Gasteiger partial charge in [-0.15, -0.1) is 0 Å². The summed E-state index contributed by atoms with van der Waals surface area (Å²) in [5.74, 6) is -0.697. The maximum Gasteiger partial charge on any atom is 0.337 e. The summed E-state index contributed by atoms with van der Waals surface area (Å²) in [6, 6.07) is 11.3. The third kappa shape index (κ3) is 3.83. The van der Waals surface area contributed by atoms with Gasteiger partial charge in [0.05, 0.1) is 18.2 Å². The number of carbonyl (C=O) groups is 2. The molecule has 6 heteroatoms. The van der Waals surface area contributed by atoms with Gasteiger partial charge in [-0.25, -0.2) is 4.79 Å². The van der Waals surface area contributed by atoms with E-state index in [4.69, 9.17) is 11.6 Å². The number of esters is 1. The number of hydrogen-bond donors (Lipinski definition) is 1. The highest BCUT2D eigenvalue weighted by atomic mass is 79.9. The summed E-state index contributed by atoms with van der Waals surface area (Å²) < 4.78 is 5.22. The van der Waals surface area contributed by atoms with Gasteiger partial charge < -0.3 is 10.1 Å². The molecule has 2 aromatic rings. The Morgan fingerprint density at radius 2 is 1.81 bits per heavy atom. The standard InChI is InChI=1S/C15H11BrClNO3/c1-21-15(20)9-2-5-11(6-3-9)18-14(19)12-7-4-10(17)8-13(12)16/h2-8H,1H3,(H,18,19). The zero-order valence-corrected chi connectivity index (χ0v) is 13.4. The number of rotatable bonds is 3. The minimum Gasteiger partial charge on any atom is -0.465 e. The van der Waals surface area contributed by atoms with Gasteiger partial charge in [-0.05, 0) is 58.4 Å². The van der Waals surface area contributed by atoms with E-state index in [0.29, 0.717) is 26.3 Å². The van der Waals surface area contributed by atoms with Crippen molar-refractivity contribution in [1.82, 2.24) is 0 Å². The minimum absolute atomic E-state index is 0.274. The van der Waals surface area contributed by atoms with Crippen molar-refractivity contribution in [3.63, 3.8) is 0 Å². The van der Waals surface area contributed by atoms with E-state index in [1.807, 2.05) is 0 Å². The zero-order valence-electron chi connectivity index (χ0n) is 11.0. The molecule has 1 amide bonds. The third-order valence-electron chi connectivity index (χ3n) is 2.74. The van der Waals surface area contributed by atoms with Gasteiger partial charge in [0, 0.05) is 15.2 Å². The number of halogens is 2. The van der Waals surface area contributed by atoms with E-state index in [1.165, 1.54) is 7.11 Å². The number of benzene rings is 2. The number of nitrogens with one attached hydrogen (secondary N) is 1. The Labute approximate surface area is 135 Å². The number of carbonyl (C=O) groups excluding carboxylic acids is 2. The van der Waals surface area contributed by atoms with Crippen molar-refractivity contribution in [3.05, 3.63) is 63.1 Å². The fraction of sp³-hybridized carbons (Fsp3) is 0.0667. The number of hydrogen-bond acceptors (Lipinski definition) is 3. The smallest absolute Gasteiger partial charge is 0.337 e. The molecule has 0 fully saturated rings. The second-order valence-corrected chi connectivity index (χ2v) is 5.44. The lowest BCUT2D eigenvalue weighted by Crippen LogP contribution is -2.12. The average molecular weight is 369 g/mol. The Bertz CT molecular complexity index is 686. The number of anilines is 1. The highest BCUT2D eigenvalue weighted by Crippen LogP contribution is 2.22. The Balaban J connectivity index is 2.14. The van der Waals surface area contributed by atoms with Gasteiger partial charge in [0.1, 0.15) is 0 Å². The molecule has 2 aromatic carbocycles. The highest BCUT2D eigenvalue weighted by molar-refractivity contribution is 9.10. The summed E-state index contributed by atoms with van der Waals surface area (Å²) >= 11 is 9.13. The molecule has 21 heavy (non-hydrogen) atoms. The van der Waals surface area contributed by atoms with Crippen LogP contribution in [0.4, 0.5) is 5.69 Å². The SMILES string of the molecule is COC(=O)c1ccc(NC(=O)c2ccc(Cl)cc2Br)cc1. The first kappa shape index (κ1) is 15.5. The molecule has 108 valence electrons. The lowest BCUT2D eigenvalue weighted by molar-refractivity contribution is 0.0600. The number of ether oxygens (including phenoxy) is 1. The largest absolute Gasteiger partial charge is 0.465 e. The summed E-state index contributed by atoms with van der Waals surface area (Å²) in [6.45, 7) is 0. The highest BCUT2D eigenvalue weighted by Gasteiger charge is 2.11. The maximum atomic E-state index is 12.1. The Hall–Kier alpha value is -1.85. The van der Waals surface area contributed by atoms with Crippen LogP contribution in [-0.4, -0.2) is 19.0 Å². The molecule has 0 radical (unpaired) electrons. The van der Waals surface area contributed by atoms with Crippen molar-refractivity contribution in [3.8, 4) is 0 Å². The Morgan fingerprint density at radius 1 is 1.14 bits per heavy atom. The lowest BCUT2D eigenvalue weighted by Gasteiger charge is -2.08. The van der Waals surface area contributed by atoms with Gasteiger partial charge >= 0.3 is 5.97 Å². The van der Waals surface area contributed by atoms with E-state index in [9.17, 15) is 9.59 Å². The van der Waals surface area contributed by atoms with E-state index in [0.717, 1.165) is 0 Å². The first-order chi connectivity index (χ1) is 10.0. The van der Waals surface area contributed by atoms with Crippen molar-refractivity contribution in [1.29, 1.82) is 0 Å². The molecule has 0 aliphatic heterocycles. The second kappa shape index (κ2) is 6.74. The first-order valence-corrected chi connectivity index (χ1v) is 7.13. The summed E-state index contributed by atoms with van der Waals surface area (Å²) in [5.41, 5.74) is 1.47. The molecule has 0 aromatic heterocycles. The van der Waals surface area contributed by atoms with Crippen LogP contribution in [0.5, 0.6) is 0 Å². The van der Waals surface area contributed by atoms with Gasteiger partial charge in [-0.1, -0.05) is 11.6 Å². The molecule has 0 spiro atoms. The molecule has 0 bridgehead atoms. The molecule has 0 saturated carbocycles. The van der Waals surface area contributed by atoms with Gasteiger partial charge in [0.15, 0.2) is 0 Å². The molecule has 0 unspecified atom stereocenters. The van der Waals surface area contributed by atoms with Crippen molar-refractivity contribution < 1.29 is 14.3 Å². The van der Waals surface area contributed by atoms with Gasteiger partial charge in [-0.2, -0.15) is 0 Å². The molecule has 0 aliphatic rings. The van der Waals surface area contributed by atoms with Crippen molar-refractivity contribution >= 4 is 45.1 Å². The van der Waals surface area contributed by atoms with Crippen molar-refractivity contribution in [2.75, 3.05) is 12.4 Å². The van der Waals surface area contributed by atoms with Crippen LogP contribution in [0, 0.1) is 0 Å². The molecular weight excluding hydrogens is 358 g/mol. The monoisotopic (exact) mass is 367 g/mol. The molecule has 1 N–H and O–H groups in total. The van der Waals surface area contributed by atoms with Crippen LogP contribution in [0.15, 0.2) is 46.9 Å². The Morgan fingerprint density at radius 3 is 2.38 bits per heavy atom. The summed E-state index contributed by atoms with van der Waals surface area (Å²) in [7, 11) is 1.32. The minimum atomic E-state index is -0.423. The summed E-state index contributed by atoms with van der Waals surface area (Å²) in [5, 5.41) is 3.28. The predicted molar refractivity (Wildman–Crippen MR) is 84.9 cm³/mol. The topological polar surface area (TPSA) is 55.4 Å². The summed E-state index contributed by atoms with van der Waals surface area (Å²) in [4.78, 5) is 23.5. The van der Waals surface area contributed by atoms with Crippen LogP contribution in [0.2, 0.25) is 5.02 Å². The van der Waals surface area contributed by atoms with Crippen LogP contribution in [0.3, 0.4) is 0 Å². The van der Waals surface area contributed by atoms with Gasteiger partial charge in [-0.3, -0.25) is 4.79 Å². The fourth-order valence-electron chi connectivity index (χ4n) is 1.68. The van der Waals surface area contributed by atoms with Crippen LogP contribution < -0.4 is 5.32 Å². The average Bonchev–Trinajstić information content (AvgIpc) is 2.47. The molecule has 0 saturated heterocycles. The van der Waals surface area contributed by atoms with E-state index < -0.39 is 5.97 Å². The maximum absolute atomic E-state index is 12.1. The number of methoxy groups -OCH3 is 1. The first-order valence-electron chi connectivity index (χ1n) is 5.96. The molecule has 4 nitrogen and oxygen atoms in total. The Kier molecular flexibility index (Phi) is 4.98. The molecule has 2 rings (SSSR count). The molecule has 0 atom stereocenters. The molecule has 0 heterocycles. The fourth-order valence-corrected chi connectivity index (χ4v) is 2.54. The molecular formula is C15H11BrClNO3. The normalized spacial score (nSPS) is 10.0. The van der Waals surface area contributed by atoms with Crippen molar-refractivity contribution in [2.45, 2.75) is 0 Å². The van der Waals surface area contributed by atoms with E-state index in [1.54, 1.807) is 42.5 Å². The van der Waals surface area contributed by atoms with Crippen molar-refractivity contribution in [2.24, 2.45) is 0 Å². The van der Waals surface area contributed by atoms with Crippen LogP contribution in [-0.2, 0) is 4.74 Å². The third-order valence-corrected chi connectivity index (χ3v) is 3.63. The van der Waals surface area contributed by atoms with Crippen LogP contribution >= 0.6 is 27.5 Å². The van der Waals surface area contributed by atoms with E-state index in [-0.39, 0.29) is 5.91 Å². The molecule has 0 aliphatic carbocycles. The van der Waals surface area contributed by atoms with Gasteiger partial charge in [0.25, 0.3) is 5.91 Å². The predicted octanol–water partition coefficient (Wildman–Crippen LogP) is 4.14. The second-order valence-electron chi connectivity index (χ2n) is 4.15. The zero-order chi connectivity index (χ0) is 15.4.